The van der Waals surface area contributed by atoms with Crippen LogP contribution in [0.1, 0.15) is 90.1 Å². The van der Waals surface area contributed by atoms with Gasteiger partial charge in [-0.2, -0.15) is 18.2 Å². The molecule has 7 nitrogen and oxygen atoms in total. The number of rotatable bonds is 10. The summed E-state index contributed by atoms with van der Waals surface area (Å²) in [4.78, 5) is 17.9. The Labute approximate surface area is 214 Å². The number of benzene rings is 1. The first kappa shape index (κ1) is 28.7. The zero-order chi connectivity index (χ0) is 27.2. The van der Waals surface area contributed by atoms with E-state index in [1.807, 2.05) is 0 Å². The van der Waals surface area contributed by atoms with E-state index in [1.165, 1.54) is 12.1 Å². The van der Waals surface area contributed by atoms with E-state index in [1.54, 1.807) is 20.8 Å². The third-order valence-corrected chi connectivity index (χ3v) is 5.90. The Morgan fingerprint density at radius 3 is 2.51 bits per heavy atom. The van der Waals surface area contributed by atoms with Crippen molar-refractivity contribution in [2.24, 2.45) is 0 Å². The van der Waals surface area contributed by atoms with Crippen LogP contribution in [0.15, 0.2) is 22.7 Å². The molecule has 11 heteroatoms. The highest BCUT2D eigenvalue weighted by atomic mass is 19.4. The van der Waals surface area contributed by atoms with Crippen LogP contribution in [0.3, 0.4) is 0 Å². The summed E-state index contributed by atoms with van der Waals surface area (Å²) < 4.78 is 71.6. The zero-order valence-corrected chi connectivity index (χ0v) is 21.7. The molecule has 0 aliphatic carbocycles. The minimum atomic E-state index is -4.65. The molecule has 2 atom stereocenters. The van der Waals surface area contributed by atoms with Crippen molar-refractivity contribution in [1.82, 2.24) is 15.0 Å². The Balaban J connectivity index is 1.74. The Kier molecular flexibility index (Phi) is 9.41. The van der Waals surface area contributed by atoms with Crippen molar-refractivity contribution in [3.05, 3.63) is 29.7 Å². The van der Waals surface area contributed by atoms with Gasteiger partial charge < -0.3 is 14.0 Å². The van der Waals surface area contributed by atoms with E-state index in [-0.39, 0.29) is 42.6 Å². The van der Waals surface area contributed by atoms with Gasteiger partial charge in [0, 0.05) is 12.0 Å². The molecule has 1 aliphatic heterocycles. The predicted octanol–water partition coefficient (Wildman–Crippen LogP) is 7.51. The molecule has 1 aromatic carbocycles. The maximum atomic E-state index is 14.2. The van der Waals surface area contributed by atoms with E-state index in [0.29, 0.717) is 6.42 Å². The third-order valence-electron chi connectivity index (χ3n) is 5.90. The minimum absolute atomic E-state index is 0.0628. The smallest absolute Gasteiger partial charge is 0.419 e. The number of nitrogens with zero attached hydrogens (tertiary/aromatic N) is 3. The largest absolute Gasteiger partial charge is 0.493 e. The molecule has 2 aromatic rings. The molecule has 0 bridgehead atoms. The van der Waals surface area contributed by atoms with E-state index in [4.69, 9.17) is 14.0 Å². The maximum Gasteiger partial charge on any atom is 0.419 e. The van der Waals surface area contributed by atoms with E-state index < -0.39 is 35.6 Å². The molecule has 206 valence electrons. The molecule has 1 saturated heterocycles. The number of halogens is 4. The standard InChI is InChI=1S/C26H35F4N3O4/c1-5-6-7-8-9-10-13-35-21-12-11-17(14-19(21)26(28,29)30)22-31-23(37-32-22)20-15-18(27)16-33(20)24(34)36-25(2,3)4/h11-12,14,18,20H,5-10,13,15-16H2,1-4H3/t18-,20+/m1/s1. The Bertz CT molecular complexity index is 1040. The molecule has 3 rings (SSSR count). The summed E-state index contributed by atoms with van der Waals surface area (Å²) in [6, 6.07) is 2.68. The van der Waals surface area contributed by atoms with Gasteiger partial charge in [0.05, 0.1) is 18.7 Å². The van der Waals surface area contributed by atoms with Gasteiger partial charge in [-0.05, 0) is 45.4 Å². The van der Waals surface area contributed by atoms with Gasteiger partial charge >= 0.3 is 12.3 Å². The fraction of sp³-hybridized carbons (Fsp3) is 0.654. The third kappa shape index (κ3) is 8.07. The number of unbranched alkanes of at least 4 members (excludes halogenated alkanes) is 5. The second kappa shape index (κ2) is 12.1. The SMILES string of the molecule is CCCCCCCCOc1ccc(-c2noc([C@@H]3C[C@@H](F)CN3C(=O)OC(C)(C)C)n2)cc1C(F)(F)F. The number of likely N-dealkylation sites (tertiary alicyclic amines) is 1. The zero-order valence-electron chi connectivity index (χ0n) is 21.7. The molecule has 1 amide bonds. The lowest BCUT2D eigenvalue weighted by molar-refractivity contribution is -0.138. The molecular formula is C26H35F4N3O4. The molecule has 0 unspecified atom stereocenters. The monoisotopic (exact) mass is 529 g/mol. The van der Waals surface area contributed by atoms with Gasteiger partial charge in [-0.25, -0.2) is 9.18 Å². The number of alkyl halides is 4. The highest BCUT2D eigenvalue weighted by molar-refractivity contribution is 5.69. The summed E-state index contributed by atoms with van der Waals surface area (Å²) in [6.45, 7) is 7.16. The van der Waals surface area contributed by atoms with Crippen molar-refractivity contribution in [1.29, 1.82) is 0 Å². The number of amides is 1. The summed E-state index contributed by atoms with van der Waals surface area (Å²) >= 11 is 0. The van der Waals surface area contributed by atoms with Gasteiger partial charge in [-0.1, -0.05) is 44.2 Å². The molecule has 0 radical (unpaired) electrons. The minimum Gasteiger partial charge on any atom is -0.493 e. The summed E-state index contributed by atoms with van der Waals surface area (Å²) in [5.41, 5.74) is -1.67. The van der Waals surface area contributed by atoms with Crippen molar-refractivity contribution in [2.45, 2.75) is 96.6 Å². The van der Waals surface area contributed by atoms with Crippen LogP contribution in [0.25, 0.3) is 11.4 Å². The highest BCUT2D eigenvalue weighted by Gasteiger charge is 2.42. The van der Waals surface area contributed by atoms with Gasteiger partial charge in [0.2, 0.25) is 11.7 Å². The van der Waals surface area contributed by atoms with Crippen LogP contribution in [0.2, 0.25) is 0 Å². The van der Waals surface area contributed by atoms with Crippen molar-refractivity contribution in [3.63, 3.8) is 0 Å². The Morgan fingerprint density at radius 2 is 1.84 bits per heavy atom. The molecule has 1 fully saturated rings. The van der Waals surface area contributed by atoms with E-state index in [9.17, 15) is 22.4 Å². The number of hydrogen-bond donors (Lipinski definition) is 0. The van der Waals surface area contributed by atoms with Crippen LogP contribution >= 0.6 is 0 Å². The average molecular weight is 530 g/mol. The van der Waals surface area contributed by atoms with Crippen LogP contribution in [-0.4, -0.2) is 46.1 Å². The van der Waals surface area contributed by atoms with Gasteiger partial charge in [0.25, 0.3) is 0 Å². The molecule has 2 heterocycles. The van der Waals surface area contributed by atoms with Crippen LogP contribution in [0, 0.1) is 0 Å². The van der Waals surface area contributed by atoms with E-state index >= 15 is 0 Å². The molecular weight excluding hydrogens is 494 g/mol. The van der Waals surface area contributed by atoms with Crippen LogP contribution in [0.4, 0.5) is 22.4 Å². The lowest BCUT2D eigenvalue weighted by Crippen LogP contribution is -2.37. The molecule has 0 saturated carbocycles. The normalized spacial score (nSPS) is 18.3. The summed E-state index contributed by atoms with van der Waals surface area (Å²) in [7, 11) is 0. The molecule has 1 aliphatic rings. The molecule has 0 N–H and O–H groups in total. The fourth-order valence-corrected chi connectivity index (χ4v) is 4.11. The highest BCUT2D eigenvalue weighted by Crippen LogP contribution is 2.39. The van der Waals surface area contributed by atoms with Gasteiger partial charge in [-0.3, -0.25) is 4.90 Å². The summed E-state index contributed by atoms with van der Waals surface area (Å²) in [5.74, 6) is -0.437. The van der Waals surface area contributed by atoms with Crippen LogP contribution in [-0.2, 0) is 10.9 Å². The summed E-state index contributed by atoms with van der Waals surface area (Å²) in [5, 5.41) is 3.79. The predicted molar refractivity (Wildman–Crippen MR) is 129 cm³/mol. The summed E-state index contributed by atoms with van der Waals surface area (Å²) in [6.07, 6.45) is -0.832. The fourth-order valence-electron chi connectivity index (χ4n) is 4.11. The lowest BCUT2D eigenvalue weighted by atomic mass is 10.1. The number of hydrogen-bond acceptors (Lipinski definition) is 6. The van der Waals surface area contributed by atoms with Crippen molar-refractivity contribution < 1.29 is 36.4 Å². The second-order valence-corrected chi connectivity index (χ2v) is 10.3. The van der Waals surface area contributed by atoms with Crippen molar-refractivity contribution in [2.75, 3.05) is 13.2 Å². The maximum absolute atomic E-state index is 14.2. The first-order chi connectivity index (χ1) is 17.4. The molecule has 37 heavy (non-hydrogen) atoms. The van der Waals surface area contributed by atoms with Gasteiger partial charge in [0.15, 0.2) is 0 Å². The van der Waals surface area contributed by atoms with Crippen molar-refractivity contribution in [3.8, 4) is 17.1 Å². The molecule has 0 spiro atoms. The number of aromatic nitrogens is 2. The number of carbonyl (C=O) groups excluding carboxylic acids is 1. The topological polar surface area (TPSA) is 77.7 Å². The lowest BCUT2D eigenvalue weighted by Gasteiger charge is -2.26. The van der Waals surface area contributed by atoms with E-state index in [2.05, 4.69) is 17.1 Å². The number of ether oxygens (including phenoxy) is 2. The van der Waals surface area contributed by atoms with Gasteiger partial charge in [0.1, 0.15) is 23.6 Å². The first-order valence-electron chi connectivity index (χ1n) is 12.7. The quantitative estimate of drug-likeness (QED) is 0.234. The average Bonchev–Trinajstić information content (AvgIpc) is 3.43. The Morgan fingerprint density at radius 1 is 1.14 bits per heavy atom. The molecule has 1 aromatic heterocycles. The van der Waals surface area contributed by atoms with Crippen molar-refractivity contribution >= 4 is 6.09 Å². The second-order valence-electron chi connectivity index (χ2n) is 10.3. The van der Waals surface area contributed by atoms with Crippen LogP contribution < -0.4 is 4.74 Å². The Hall–Kier alpha value is -2.85. The first-order valence-corrected chi connectivity index (χ1v) is 12.7. The van der Waals surface area contributed by atoms with E-state index in [0.717, 1.165) is 43.1 Å². The number of carbonyl (C=O) groups is 1. The van der Waals surface area contributed by atoms with Gasteiger partial charge in [-0.15, -0.1) is 0 Å². The van der Waals surface area contributed by atoms with Crippen LogP contribution in [0.5, 0.6) is 5.75 Å².